The van der Waals surface area contributed by atoms with Crippen molar-refractivity contribution in [2.45, 2.75) is 13.8 Å². The van der Waals surface area contributed by atoms with Gasteiger partial charge in [-0.05, 0) is 19.9 Å². The monoisotopic (exact) mass is 261 g/mol. The van der Waals surface area contributed by atoms with Gasteiger partial charge in [0.1, 0.15) is 7.11 Å². The molecule has 0 bridgehead atoms. The molecule has 1 aromatic heterocycles. The highest BCUT2D eigenvalue weighted by Crippen LogP contribution is 2.19. The molecule has 0 aliphatic rings. The van der Waals surface area contributed by atoms with Crippen LogP contribution in [0.25, 0.3) is 10.8 Å². The van der Waals surface area contributed by atoms with Gasteiger partial charge < -0.3 is 9.57 Å². The second-order valence-electron chi connectivity index (χ2n) is 4.01. The molecule has 0 atom stereocenters. The van der Waals surface area contributed by atoms with Crippen LogP contribution in [0.15, 0.2) is 29.1 Å². The molecule has 0 unspecified atom stereocenters. The third-order valence-corrected chi connectivity index (χ3v) is 2.94. The summed E-state index contributed by atoms with van der Waals surface area (Å²) in [7, 11) is 1.39. The van der Waals surface area contributed by atoms with E-state index < -0.39 is 5.97 Å². The Morgan fingerprint density at radius 3 is 2.47 bits per heavy atom. The standard InChI is InChI=1S/C14H15NO4/c1-4-19-14(17)12-9(2)15(18-3)13(16)11-8-6-5-7-10(11)12/h5-8H,4H2,1-3H3. The highest BCUT2D eigenvalue weighted by atomic mass is 16.6. The second kappa shape index (κ2) is 5.14. The molecule has 2 aromatic rings. The minimum Gasteiger partial charge on any atom is -0.462 e. The fraction of sp³-hybridized carbons (Fsp3) is 0.286. The first-order valence-corrected chi connectivity index (χ1v) is 5.97. The summed E-state index contributed by atoms with van der Waals surface area (Å²) in [5.74, 6) is -0.456. The zero-order valence-electron chi connectivity index (χ0n) is 11.1. The third kappa shape index (κ3) is 2.07. The topological polar surface area (TPSA) is 57.5 Å². The molecule has 0 aliphatic heterocycles. The molecule has 1 heterocycles. The average Bonchev–Trinajstić information content (AvgIpc) is 2.40. The lowest BCUT2D eigenvalue weighted by Crippen LogP contribution is -2.29. The number of aromatic nitrogens is 1. The summed E-state index contributed by atoms with van der Waals surface area (Å²) in [4.78, 5) is 29.3. The fourth-order valence-electron chi connectivity index (χ4n) is 2.13. The lowest BCUT2D eigenvalue weighted by molar-refractivity contribution is 0.0521. The highest BCUT2D eigenvalue weighted by Gasteiger charge is 2.20. The number of ether oxygens (including phenoxy) is 1. The SMILES string of the molecule is CCOC(=O)c1c(C)n(OC)c(=O)c2ccccc12. The molecular formula is C14H15NO4. The molecule has 0 radical (unpaired) electrons. The van der Waals surface area contributed by atoms with Crippen molar-refractivity contribution in [1.29, 1.82) is 0 Å². The zero-order chi connectivity index (χ0) is 14.0. The molecule has 19 heavy (non-hydrogen) atoms. The molecule has 0 N–H and O–H groups in total. The number of hydrogen-bond donors (Lipinski definition) is 0. The van der Waals surface area contributed by atoms with Gasteiger partial charge in [-0.25, -0.2) is 4.79 Å². The number of carbonyl (C=O) groups excluding carboxylic acids is 1. The molecule has 0 amide bonds. The van der Waals surface area contributed by atoms with Gasteiger partial charge in [-0.3, -0.25) is 4.79 Å². The molecule has 2 rings (SSSR count). The molecule has 0 aliphatic carbocycles. The summed E-state index contributed by atoms with van der Waals surface area (Å²) in [6.45, 7) is 3.67. The molecule has 0 saturated heterocycles. The summed E-state index contributed by atoms with van der Waals surface area (Å²) in [5, 5.41) is 1.01. The summed E-state index contributed by atoms with van der Waals surface area (Å²) >= 11 is 0. The number of fused-ring (bicyclic) bond motifs is 1. The van der Waals surface area contributed by atoms with Gasteiger partial charge >= 0.3 is 5.97 Å². The van der Waals surface area contributed by atoms with Gasteiger partial charge in [-0.1, -0.05) is 18.2 Å². The van der Waals surface area contributed by atoms with Gasteiger partial charge in [0, 0.05) is 5.39 Å². The average molecular weight is 261 g/mol. The Balaban J connectivity index is 2.88. The Bertz CT molecular complexity index is 688. The normalized spacial score (nSPS) is 10.5. The van der Waals surface area contributed by atoms with E-state index in [9.17, 15) is 9.59 Å². The quantitative estimate of drug-likeness (QED) is 0.786. The molecule has 5 heteroatoms. The number of benzene rings is 1. The number of pyridine rings is 1. The van der Waals surface area contributed by atoms with Crippen LogP contribution in [0.2, 0.25) is 0 Å². The summed E-state index contributed by atoms with van der Waals surface area (Å²) in [6.07, 6.45) is 0. The van der Waals surface area contributed by atoms with Crippen molar-refractivity contribution >= 4 is 16.7 Å². The van der Waals surface area contributed by atoms with Crippen molar-refractivity contribution in [2.24, 2.45) is 0 Å². The van der Waals surface area contributed by atoms with Crippen molar-refractivity contribution in [1.82, 2.24) is 4.73 Å². The van der Waals surface area contributed by atoms with E-state index in [0.717, 1.165) is 4.73 Å². The van der Waals surface area contributed by atoms with E-state index in [2.05, 4.69) is 0 Å². The maximum Gasteiger partial charge on any atom is 0.340 e. The van der Waals surface area contributed by atoms with Gasteiger partial charge in [-0.2, -0.15) is 0 Å². The van der Waals surface area contributed by atoms with Gasteiger partial charge in [-0.15, -0.1) is 4.73 Å². The Morgan fingerprint density at radius 1 is 1.26 bits per heavy atom. The van der Waals surface area contributed by atoms with E-state index in [0.29, 0.717) is 22.0 Å². The summed E-state index contributed by atoms with van der Waals surface area (Å²) < 4.78 is 6.15. The minimum atomic E-state index is -0.456. The van der Waals surface area contributed by atoms with Crippen molar-refractivity contribution in [2.75, 3.05) is 13.7 Å². The van der Waals surface area contributed by atoms with Crippen molar-refractivity contribution in [3.05, 3.63) is 45.9 Å². The Hall–Kier alpha value is -2.30. The largest absolute Gasteiger partial charge is 0.462 e. The van der Waals surface area contributed by atoms with Crippen LogP contribution in [0.4, 0.5) is 0 Å². The maximum atomic E-state index is 12.2. The second-order valence-corrected chi connectivity index (χ2v) is 4.01. The molecule has 1 aromatic carbocycles. The van der Waals surface area contributed by atoms with Crippen molar-refractivity contribution in [3.8, 4) is 0 Å². The number of esters is 1. The van der Waals surface area contributed by atoms with Gasteiger partial charge in [0.25, 0.3) is 5.56 Å². The predicted molar refractivity (Wildman–Crippen MR) is 71.4 cm³/mol. The van der Waals surface area contributed by atoms with Crippen LogP contribution >= 0.6 is 0 Å². The smallest absolute Gasteiger partial charge is 0.340 e. The van der Waals surface area contributed by atoms with E-state index >= 15 is 0 Å². The maximum absolute atomic E-state index is 12.2. The third-order valence-electron chi connectivity index (χ3n) is 2.94. The highest BCUT2D eigenvalue weighted by molar-refractivity contribution is 6.05. The molecule has 0 fully saturated rings. The predicted octanol–water partition coefficient (Wildman–Crippen LogP) is 1.55. The number of carbonyl (C=O) groups is 1. The Labute approximate surface area is 110 Å². The number of rotatable bonds is 3. The van der Waals surface area contributed by atoms with E-state index in [1.807, 2.05) is 0 Å². The van der Waals surface area contributed by atoms with Gasteiger partial charge in [0.05, 0.1) is 23.3 Å². The van der Waals surface area contributed by atoms with Crippen molar-refractivity contribution < 1.29 is 14.4 Å². The Morgan fingerprint density at radius 2 is 1.89 bits per heavy atom. The van der Waals surface area contributed by atoms with E-state index in [4.69, 9.17) is 9.57 Å². The molecular weight excluding hydrogens is 246 g/mol. The number of nitrogens with zero attached hydrogens (tertiary/aromatic N) is 1. The van der Waals surface area contributed by atoms with E-state index in [1.54, 1.807) is 38.1 Å². The Kier molecular flexibility index (Phi) is 3.55. The molecule has 5 nitrogen and oxygen atoms in total. The van der Waals surface area contributed by atoms with E-state index in [1.165, 1.54) is 7.11 Å². The summed E-state index contributed by atoms with van der Waals surface area (Å²) in [6, 6.07) is 6.92. The van der Waals surface area contributed by atoms with Crippen molar-refractivity contribution in [3.63, 3.8) is 0 Å². The molecule has 0 saturated carbocycles. The van der Waals surface area contributed by atoms with Gasteiger partial charge in [0.2, 0.25) is 0 Å². The molecule has 0 spiro atoms. The fourth-order valence-corrected chi connectivity index (χ4v) is 2.13. The minimum absolute atomic E-state index is 0.276. The van der Waals surface area contributed by atoms with Crippen LogP contribution in [0.3, 0.4) is 0 Å². The van der Waals surface area contributed by atoms with Crippen LogP contribution in [0.1, 0.15) is 23.0 Å². The zero-order valence-corrected chi connectivity index (χ0v) is 11.1. The first kappa shape index (κ1) is 13.1. The lowest BCUT2D eigenvalue weighted by atomic mass is 10.0. The van der Waals surface area contributed by atoms with Crippen LogP contribution in [-0.4, -0.2) is 24.4 Å². The molecule has 100 valence electrons. The first-order chi connectivity index (χ1) is 9.11. The van der Waals surface area contributed by atoms with E-state index in [-0.39, 0.29) is 12.2 Å². The van der Waals surface area contributed by atoms with Gasteiger partial charge in [0.15, 0.2) is 0 Å². The van der Waals surface area contributed by atoms with Crippen LogP contribution < -0.4 is 10.4 Å². The van der Waals surface area contributed by atoms with Crippen LogP contribution in [0, 0.1) is 6.92 Å². The first-order valence-electron chi connectivity index (χ1n) is 5.97. The number of hydrogen-bond acceptors (Lipinski definition) is 4. The van der Waals surface area contributed by atoms with Crippen LogP contribution in [-0.2, 0) is 4.74 Å². The van der Waals surface area contributed by atoms with Crippen LogP contribution in [0.5, 0.6) is 0 Å². The lowest BCUT2D eigenvalue weighted by Gasteiger charge is -2.14. The summed E-state index contributed by atoms with van der Waals surface area (Å²) in [5.41, 5.74) is 0.507.